The Kier molecular flexibility index (Phi) is 4.10. The van der Waals surface area contributed by atoms with Crippen molar-refractivity contribution in [3.8, 4) is 0 Å². The van der Waals surface area contributed by atoms with Crippen LogP contribution in [0, 0.1) is 6.92 Å². The van der Waals surface area contributed by atoms with Crippen LogP contribution in [0.15, 0.2) is 12.4 Å². The summed E-state index contributed by atoms with van der Waals surface area (Å²) in [5.74, 6) is 1.12. The first kappa shape index (κ1) is 15.0. The number of aryl methyl sites for hydroxylation is 1. The third-order valence-electron chi connectivity index (χ3n) is 5.59. The van der Waals surface area contributed by atoms with Crippen LogP contribution in [0.3, 0.4) is 0 Å². The molecule has 1 aromatic rings. The maximum Gasteiger partial charge on any atom is 0.105 e. The predicted molar refractivity (Wildman–Crippen MR) is 86.4 cm³/mol. The van der Waals surface area contributed by atoms with Gasteiger partial charge < -0.3 is 9.88 Å². The standard InChI is InChI=1S/C17H30N4/c1-15-18-9-10-20(15)11-12-21-14-17(7-5-4-6-8-17)19-13-16(21,2)3/h9-10,19H,4-8,11-14H2,1-3H3. The second-order valence-corrected chi connectivity index (χ2v) is 7.60. The number of nitrogens with one attached hydrogen (secondary N) is 1. The summed E-state index contributed by atoms with van der Waals surface area (Å²) in [6, 6.07) is 0. The number of hydrogen-bond acceptors (Lipinski definition) is 3. The summed E-state index contributed by atoms with van der Waals surface area (Å²) < 4.78 is 2.27. The van der Waals surface area contributed by atoms with Crippen molar-refractivity contribution in [2.75, 3.05) is 19.6 Å². The third-order valence-corrected chi connectivity index (χ3v) is 5.59. The first-order valence-electron chi connectivity index (χ1n) is 8.49. The van der Waals surface area contributed by atoms with E-state index < -0.39 is 0 Å². The van der Waals surface area contributed by atoms with E-state index in [1.165, 1.54) is 38.6 Å². The van der Waals surface area contributed by atoms with E-state index in [4.69, 9.17) is 0 Å². The first-order valence-corrected chi connectivity index (χ1v) is 8.49. The van der Waals surface area contributed by atoms with Crippen LogP contribution in [0.25, 0.3) is 0 Å². The Labute approximate surface area is 128 Å². The fraction of sp³-hybridized carbons (Fsp3) is 0.824. The topological polar surface area (TPSA) is 33.1 Å². The van der Waals surface area contributed by atoms with E-state index in [0.29, 0.717) is 5.54 Å². The number of imidazole rings is 1. The number of piperazine rings is 1. The predicted octanol–water partition coefficient (Wildman–Crippen LogP) is 2.58. The molecular formula is C17H30N4. The van der Waals surface area contributed by atoms with Gasteiger partial charge in [0.15, 0.2) is 0 Å². The summed E-state index contributed by atoms with van der Waals surface area (Å²) in [6.45, 7) is 11.3. The minimum atomic E-state index is 0.247. The van der Waals surface area contributed by atoms with Crippen molar-refractivity contribution in [1.82, 2.24) is 19.8 Å². The second-order valence-electron chi connectivity index (χ2n) is 7.60. The van der Waals surface area contributed by atoms with Crippen LogP contribution in [0.5, 0.6) is 0 Å². The highest BCUT2D eigenvalue weighted by molar-refractivity contribution is 5.03. The average Bonchev–Trinajstić information content (AvgIpc) is 2.87. The van der Waals surface area contributed by atoms with Gasteiger partial charge in [0.05, 0.1) is 0 Å². The number of rotatable bonds is 3. The summed E-state index contributed by atoms with van der Waals surface area (Å²) in [5, 5.41) is 3.90. The molecule has 0 bridgehead atoms. The van der Waals surface area contributed by atoms with Crippen LogP contribution in [-0.2, 0) is 6.54 Å². The molecule has 0 aromatic carbocycles. The molecular weight excluding hydrogens is 260 g/mol. The summed E-state index contributed by atoms with van der Waals surface area (Å²) in [7, 11) is 0. The highest BCUT2D eigenvalue weighted by Gasteiger charge is 2.42. The van der Waals surface area contributed by atoms with Gasteiger partial charge >= 0.3 is 0 Å². The molecule has 0 radical (unpaired) electrons. The molecule has 1 saturated heterocycles. The van der Waals surface area contributed by atoms with Gasteiger partial charge in [-0.05, 0) is 33.6 Å². The van der Waals surface area contributed by atoms with Crippen LogP contribution >= 0.6 is 0 Å². The molecule has 1 aliphatic carbocycles. The van der Waals surface area contributed by atoms with E-state index in [2.05, 4.69) is 46.7 Å². The molecule has 2 aliphatic rings. The van der Waals surface area contributed by atoms with Crippen LogP contribution in [0.4, 0.5) is 0 Å². The monoisotopic (exact) mass is 290 g/mol. The molecule has 21 heavy (non-hydrogen) atoms. The summed E-state index contributed by atoms with van der Waals surface area (Å²) in [5.41, 5.74) is 0.634. The highest BCUT2D eigenvalue weighted by atomic mass is 15.3. The Morgan fingerprint density at radius 2 is 1.95 bits per heavy atom. The molecule has 2 heterocycles. The fourth-order valence-corrected chi connectivity index (χ4v) is 3.96. The molecule has 3 rings (SSSR count). The van der Waals surface area contributed by atoms with Gasteiger partial charge in [-0.25, -0.2) is 4.98 Å². The van der Waals surface area contributed by atoms with Crippen molar-refractivity contribution in [3.05, 3.63) is 18.2 Å². The minimum Gasteiger partial charge on any atom is -0.334 e. The maximum atomic E-state index is 4.33. The van der Waals surface area contributed by atoms with Gasteiger partial charge in [-0.1, -0.05) is 19.3 Å². The van der Waals surface area contributed by atoms with E-state index in [1.54, 1.807) is 0 Å². The Balaban J connectivity index is 1.67. The Hall–Kier alpha value is -0.870. The SMILES string of the molecule is Cc1nccn1CCN1CC2(CCCCC2)NCC1(C)C. The van der Waals surface area contributed by atoms with Crippen LogP contribution in [0.1, 0.15) is 51.8 Å². The lowest BCUT2D eigenvalue weighted by Crippen LogP contribution is -2.68. The van der Waals surface area contributed by atoms with Gasteiger partial charge in [0.2, 0.25) is 0 Å². The molecule has 1 aliphatic heterocycles. The quantitative estimate of drug-likeness (QED) is 0.929. The lowest BCUT2D eigenvalue weighted by atomic mass is 9.77. The first-order chi connectivity index (χ1) is 10.0. The van der Waals surface area contributed by atoms with Crippen LogP contribution in [-0.4, -0.2) is 45.2 Å². The Morgan fingerprint density at radius 1 is 1.19 bits per heavy atom. The van der Waals surface area contributed by atoms with Crippen molar-refractivity contribution >= 4 is 0 Å². The largest absolute Gasteiger partial charge is 0.334 e. The molecule has 4 heteroatoms. The van der Waals surface area contributed by atoms with Crippen molar-refractivity contribution in [2.45, 2.75) is 70.5 Å². The zero-order chi connectivity index (χ0) is 14.9. The van der Waals surface area contributed by atoms with Crippen molar-refractivity contribution in [3.63, 3.8) is 0 Å². The van der Waals surface area contributed by atoms with E-state index >= 15 is 0 Å². The number of aromatic nitrogens is 2. The molecule has 0 atom stereocenters. The Morgan fingerprint density at radius 3 is 2.62 bits per heavy atom. The van der Waals surface area contributed by atoms with E-state index in [-0.39, 0.29) is 5.54 Å². The molecule has 1 N–H and O–H groups in total. The van der Waals surface area contributed by atoms with E-state index in [1.807, 2.05) is 6.20 Å². The smallest absolute Gasteiger partial charge is 0.105 e. The summed E-state index contributed by atoms with van der Waals surface area (Å²) in [4.78, 5) is 7.03. The maximum absolute atomic E-state index is 4.33. The molecule has 0 amide bonds. The Bertz CT molecular complexity index is 471. The third kappa shape index (κ3) is 3.16. The molecule has 0 unspecified atom stereocenters. The van der Waals surface area contributed by atoms with Crippen molar-refractivity contribution in [1.29, 1.82) is 0 Å². The molecule has 1 spiro atoms. The van der Waals surface area contributed by atoms with Crippen molar-refractivity contribution in [2.24, 2.45) is 0 Å². The van der Waals surface area contributed by atoms with Crippen LogP contribution < -0.4 is 5.32 Å². The molecule has 2 fully saturated rings. The van der Waals surface area contributed by atoms with E-state index in [0.717, 1.165) is 25.5 Å². The number of hydrogen-bond donors (Lipinski definition) is 1. The van der Waals surface area contributed by atoms with Crippen LogP contribution in [0.2, 0.25) is 0 Å². The van der Waals surface area contributed by atoms with Gasteiger partial charge in [-0.15, -0.1) is 0 Å². The normalized spacial score (nSPS) is 25.3. The second kappa shape index (κ2) is 5.73. The average molecular weight is 290 g/mol. The zero-order valence-electron chi connectivity index (χ0n) is 13.9. The van der Waals surface area contributed by atoms with E-state index in [9.17, 15) is 0 Å². The molecule has 118 valence electrons. The lowest BCUT2D eigenvalue weighted by Gasteiger charge is -2.53. The molecule has 4 nitrogen and oxygen atoms in total. The minimum absolute atomic E-state index is 0.247. The highest BCUT2D eigenvalue weighted by Crippen LogP contribution is 2.34. The van der Waals surface area contributed by atoms with Gasteiger partial charge in [0, 0.05) is 49.7 Å². The lowest BCUT2D eigenvalue weighted by molar-refractivity contribution is 0.00860. The van der Waals surface area contributed by atoms with Crippen molar-refractivity contribution < 1.29 is 0 Å². The number of nitrogens with zero attached hydrogens (tertiary/aromatic N) is 3. The van der Waals surface area contributed by atoms with Gasteiger partial charge in [0.1, 0.15) is 5.82 Å². The fourth-order valence-electron chi connectivity index (χ4n) is 3.96. The van der Waals surface area contributed by atoms with Gasteiger partial charge in [-0.3, -0.25) is 4.90 Å². The van der Waals surface area contributed by atoms with Gasteiger partial charge in [0.25, 0.3) is 0 Å². The summed E-state index contributed by atoms with van der Waals surface area (Å²) >= 11 is 0. The molecule has 1 aromatic heterocycles. The van der Waals surface area contributed by atoms with Gasteiger partial charge in [-0.2, -0.15) is 0 Å². The molecule has 1 saturated carbocycles. The summed E-state index contributed by atoms with van der Waals surface area (Å²) in [6.07, 6.45) is 10.9. The zero-order valence-corrected chi connectivity index (χ0v) is 13.9.